The molecular formula is C12H22O2. The number of carbonyl (C=O) groups is 1. The van der Waals surface area contributed by atoms with Crippen molar-refractivity contribution in [1.29, 1.82) is 0 Å². The third kappa shape index (κ3) is 4.56. The monoisotopic (exact) mass is 198 g/mol. The molecule has 0 aromatic heterocycles. The summed E-state index contributed by atoms with van der Waals surface area (Å²) in [4.78, 5) is 10.1. The summed E-state index contributed by atoms with van der Waals surface area (Å²) in [5.74, 6) is 0. The molecule has 0 aromatic rings. The highest BCUT2D eigenvalue weighted by molar-refractivity contribution is 5.64. The van der Waals surface area contributed by atoms with Crippen molar-refractivity contribution in [2.45, 2.75) is 46.1 Å². The fourth-order valence-electron chi connectivity index (χ4n) is 1.80. The molecule has 0 aliphatic carbocycles. The van der Waals surface area contributed by atoms with Crippen LogP contribution in [0.5, 0.6) is 0 Å². The molecule has 0 saturated heterocycles. The minimum Gasteiger partial charge on any atom is -0.381 e. The van der Waals surface area contributed by atoms with Crippen molar-refractivity contribution in [1.82, 2.24) is 0 Å². The van der Waals surface area contributed by atoms with Crippen LogP contribution in [0, 0.1) is 5.41 Å². The summed E-state index contributed by atoms with van der Waals surface area (Å²) in [5.41, 5.74) is 0.177. The summed E-state index contributed by atoms with van der Waals surface area (Å²) in [6.07, 6.45) is 7.51. The molecule has 0 aromatic carbocycles. The smallest absolute Gasteiger partial charge is 0.142 e. The maximum absolute atomic E-state index is 10.1. The lowest BCUT2D eigenvalue weighted by Crippen LogP contribution is -2.30. The fourth-order valence-corrected chi connectivity index (χ4v) is 1.80. The Morgan fingerprint density at radius 1 is 1.43 bits per heavy atom. The molecule has 82 valence electrons. The first-order valence-electron chi connectivity index (χ1n) is 5.21. The van der Waals surface area contributed by atoms with Gasteiger partial charge in [-0.2, -0.15) is 0 Å². The van der Waals surface area contributed by atoms with Gasteiger partial charge in [-0.1, -0.05) is 33.3 Å². The molecule has 0 saturated carbocycles. The SMILES string of the molecule is CCCC(C)(C)C(C/C=C/C=O)OC. The minimum absolute atomic E-state index is 0.177. The Bertz CT molecular complexity index is 183. The van der Waals surface area contributed by atoms with Crippen molar-refractivity contribution < 1.29 is 9.53 Å². The zero-order valence-electron chi connectivity index (χ0n) is 9.75. The van der Waals surface area contributed by atoms with Gasteiger partial charge in [0.2, 0.25) is 0 Å². The third-order valence-corrected chi connectivity index (χ3v) is 2.62. The normalized spacial score (nSPS) is 14.6. The second kappa shape index (κ2) is 6.77. The fraction of sp³-hybridized carbons (Fsp3) is 0.750. The van der Waals surface area contributed by atoms with E-state index in [0.29, 0.717) is 0 Å². The van der Waals surface area contributed by atoms with Crippen LogP contribution in [0.2, 0.25) is 0 Å². The molecule has 0 amide bonds. The molecule has 0 N–H and O–H groups in total. The summed E-state index contributed by atoms with van der Waals surface area (Å²) >= 11 is 0. The van der Waals surface area contributed by atoms with Gasteiger partial charge in [-0.3, -0.25) is 4.79 Å². The zero-order valence-corrected chi connectivity index (χ0v) is 9.75. The van der Waals surface area contributed by atoms with Crippen molar-refractivity contribution in [3.8, 4) is 0 Å². The Morgan fingerprint density at radius 3 is 2.50 bits per heavy atom. The first kappa shape index (κ1) is 13.4. The van der Waals surface area contributed by atoms with Crippen LogP contribution >= 0.6 is 0 Å². The minimum atomic E-state index is 0.177. The molecule has 1 atom stereocenters. The zero-order chi connectivity index (χ0) is 11.0. The number of carbonyl (C=O) groups excluding carboxylic acids is 1. The van der Waals surface area contributed by atoms with Gasteiger partial charge in [-0.05, 0) is 24.3 Å². The Labute approximate surface area is 87.3 Å². The van der Waals surface area contributed by atoms with Crippen LogP contribution in [-0.2, 0) is 9.53 Å². The topological polar surface area (TPSA) is 26.3 Å². The summed E-state index contributed by atoms with van der Waals surface area (Å²) in [6, 6.07) is 0. The standard InChI is InChI=1S/C12H22O2/c1-5-9-12(2,3)11(14-4)8-6-7-10-13/h6-7,10-11H,5,8-9H2,1-4H3/b7-6+. The van der Waals surface area contributed by atoms with Crippen LogP contribution in [0.15, 0.2) is 12.2 Å². The second-order valence-electron chi connectivity index (χ2n) is 4.26. The number of hydrogen-bond acceptors (Lipinski definition) is 2. The van der Waals surface area contributed by atoms with Crippen LogP contribution in [0.4, 0.5) is 0 Å². The summed E-state index contributed by atoms with van der Waals surface area (Å²) in [6.45, 7) is 6.59. The molecule has 2 nitrogen and oxygen atoms in total. The highest BCUT2D eigenvalue weighted by Gasteiger charge is 2.27. The lowest BCUT2D eigenvalue weighted by atomic mass is 9.80. The predicted octanol–water partition coefficient (Wildman–Crippen LogP) is 2.97. The van der Waals surface area contributed by atoms with Crippen molar-refractivity contribution in [3.05, 3.63) is 12.2 Å². The summed E-state index contributed by atoms with van der Waals surface area (Å²) in [7, 11) is 1.73. The van der Waals surface area contributed by atoms with Gasteiger partial charge in [-0.15, -0.1) is 0 Å². The van der Waals surface area contributed by atoms with Crippen molar-refractivity contribution in [2.75, 3.05) is 7.11 Å². The molecule has 0 aliphatic heterocycles. The molecule has 14 heavy (non-hydrogen) atoms. The van der Waals surface area contributed by atoms with E-state index >= 15 is 0 Å². The molecule has 2 heteroatoms. The molecule has 0 spiro atoms. The van der Waals surface area contributed by atoms with E-state index in [1.54, 1.807) is 7.11 Å². The number of hydrogen-bond donors (Lipinski definition) is 0. The number of methoxy groups -OCH3 is 1. The van der Waals surface area contributed by atoms with E-state index in [4.69, 9.17) is 4.74 Å². The summed E-state index contributed by atoms with van der Waals surface area (Å²) < 4.78 is 5.45. The Balaban J connectivity index is 4.22. The molecule has 0 rings (SSSR count). The maximum Gasteiger partial charge on any atom is 0.142 e. The van der Waals surface area contributed by atoms with Crippen molar-refractivity contribution >= 4 is 6.29 Å². The van der Waals surface area contributed by atoms with E-state index in [1.807, 2.05) is 6.08 Å². The van der Waals surface area contributed by atoms with Crippen LogP contribution < -0.4 is 0 Å². The number of allylic oxidation sites excluding steroid dienone is 1. The van der Waals surface area contributed by atoms with Gasteiger partial charge in [0.1, 0.15) is 6.29 Å². The third-order valence-electron chi connectivity index (χ3n) is 2.62. The molecule has 1 unspecified atom stereocenters. The van der Waals surface area contributed by atoms with Gasteiger partial charge in [-0.25, -0.2) is 0 Å². The highest BCUT2D eigenvalue weighted by Crippen LogP contribution is 2.30. The number of aldehydes is 1. The van der Waals surface area contributed by atoms with E-state index in [2.05, 4.69) is 20.8 Å². The van der Waals surface area contributed by atoms with Crippen LogP contribution in [0.25, 0.3) is 0 Å². The Hall–Kier alpha value is -0.630. The lowest BCUT2D eigenvalue weighted by Gasteiger charge is -2.32. The van der Waals surface area contributed by atoms with Gasteiger partial charge in [0, 0.05) is 7.11 Å². The molecule has 0 heterocycles. The van der Waals surface area contributed by atoms with E-state index in [-0.39, 0.29) is 11.5 Å². The van der Waals surface area contributed by atoms with Crippen LogP contribution in [0.1, 0.15) is 40.0 Å². The van der Waals surface area contributed by atoms with E-state index in [9.17, 15) is 4.79 Å². The first-order chi connectivity index (χ1) is 6.58. The lowest BCUT2D eigenvalue weighted by molar-refractivity contribution is -0.104. The maximum atomic E-state index is 10.1. The van der Waals surface area contributed by atoms with Gasteiger partial charge >= 0.3 is 0 Å². The van der Waals surface area contributed by atoms with E-state index < -0.39 is 0 Å². The van der Waals surface area contributed by atoms with Gasteiger partial charge < -0.3 is 4.74 Å². The Kier molecular flexibility index (Phi) is 6.46. The summed E-state index contributed by atoms with van der Waals surface area (Å²) in [5, 5.41) is 0. The molecular weight excluding hydrogens is 176 g/mol. The van der Waals surface area contributed by atoms with Crippen LogP contribution in [-0.4, -0.2) is 19.5 Å². The first-order valence-corrected chi connectivity index (χ1v) is 5.21. The number of ether oxygens (including phenoxy) is 1. The van der Waals surface area contributed by atoms with Gasteiger partial charge in [0.15, 0.2) is 0 Å². The Morgan fingerprint density at radius 2 is 2.07 bits per heavy atom. The molecule has 0 radical (unpaired) electrons. The van der Waals surface area contributed by atoms with Gasteiger partial charge in [0.05, 0.1) is 6.10 Å². The number of rotatable bonds is 7. The quantitative estimate of drug-likeness (QED) is 0.464. The van der Waals surface area contributed by atoms with Gasteiger partial charge in [0.25, 0.3) is 0 Å². The van der Waals surface area contributed by atoms with Crippen molar-refractivity contribution in [3.63, 3.8) is 0 Å². The van der Waals surface area contributed by atoms with Crippen molar-refractivity contribution in [2.24, 2.45) is 5.41 Å². The molecule has 0 aliphatic rings. The highest BCUT2D eigenvalue weighted by atomic mass is 16.5. The average Bonchev–Trinajstić information content (AvgIpc) is 2.12. The largest absolute Gasteiger partial charge is 0.381 e. The molecule has 0 bridgehead atoms. The predicted molar refractivity (Wildman–Crippen MR) is 59.3 cm³/mol. The van der Waals surface area contributed by atoms with E-state index in [1.165, 1.54) is 6.08 Å². The average molecular weight is 198 g/mol. The second-order valence-corrected chi connectivity index (χ2v) is 4.26. The van der Waals surface area contributed by atoms with Crippen LogP contribution in [0.3, 0.4) is 0 Å². The molecule has 0 fully saturated rings. The van der Waals surface area contributed by atoms with E-state index in [0.717, 1.165) is 25.5 Å².